The van der Waals surface area contributed by atoms with Gasteiger partial charge in [0.1, 0.15) is 0 Å². The largest absolute Gasteiger partial charge is 0.315 e. The lowest BCUT2D eigenvalue weighted by molar-refractivity contribution is -0.119. The van der Waals surface area contributed by atoms with Crippen molar-refractivity contribution in [2.24, 2.45) is 0 Å². The van der Waals surface area contributed by atoms with Crippen LogP contribution in [0.15, 0.2) is 18.2 Å². The smallest absolute Gasteiger partial charge is 0.227 e. The highest BCUT2D eigenvalue weighted by atomic mass is 35.5. The van der Waals surface area contributed by atoms with Crippen molar-refractivity contribution < 1.29 is 4.79 Å². The molecule has 132 valence electrons. The fourth-order valence-corrected chi connectivity index (χ4v) is 4.19. The lowest BCUT2D eigenvalue weighted by Gasteiger charge is -2.44. The van der Waals surface area contributed by atoms with Gasteiger partial charge < -0.3 is 10.2 Å². The Labute approximate surface area is 154 Å². The van der Waals surface area contributed by atoms with Crippen LogP contribution in [0.1, 0.15) is 32.6 Å². The maximum Gasteiger partial charge on any atom is 0.227 e. The van der Waals surface area contributed by atoms with Gasteiger partial charge >= 0.3 is 0 Å². The highest BCUT2D eigenvalue weighted by molar-refractivity contribution is 6.42. The van der Waals surface area contributed by atoms with Crippen LogP contribution in [-0.4, -0.2) is 49.1 Å². The van der Waals surface area contributed by atoms with Crippen molar-refractivity contribution in [1.29, 1.82) is 0 Å². The molecular formula is C18H25Cl2N3O. The van der Waals surface area contributed by atoms with Crippen LogP contribution < -0.4 is 10.2 Å². The normalized spacial score (nSPS) is 25.0. The van der Waals surface area contributed by atoms with E-state index in [0.717, 1.165) is 38.3 Å². The summed E-state index contributed by atoms with van der Waals surface area (Å²) in [7, 11) is 0. The molecule has 0 radical (unpaired) electrons. The van der Waals surface area contributed by atoms with Gasteiger partial charge in [-0.15, -0.1) is 0 Å². The number of piperidine rings is 1. The number of halogens is 2. The first-order valence-electron chi connectivity index (χ1n) is 8.83. The topological polar surface area (TPSA) is 35.6 Å². The van der Waals surface area contributed by atoms with Crippen LogP contribution in [0.2, 0.25) is 10.0 Å². The molecule has 0 aromatic heterocycles. The van der Waals surface area contributed by atoms with Gasteiger partial charge in [0.25, 0.3) is 0 Å². The van der Waals surface area contributed by atoms with Crippen LogP contribution in [0, 0.1) is 0 Å². The Balaban J connectivity index is 1.93. The van der Waals surface area contributed by atoms with Crippen LogP contribution >= 0.6 is 23.2 Å². The Morgan fingerprint density at radius 2 is 2.04 bits per heavy atom. The molecule has 1 amide bonds. The number of carbonyl (C=O) groups excluding carboxylic acids is 1. The minimum Gasteiger partial charge on any atom is -0.315 e. The summed E-state index contributed by atoms with van der Waals surface area (Å²) in [6, 6.07) is 6.03. The number of likely N-dealkylation sites (tertiary alicyclic amines) is 1. The van der Waals surface area contributed by atoms with E-state index in [4.69, 9.17) is 23.2 Å². The van der Waals surface area contributed by atoms with Gasteiger partial charge in [-0.3, -0.25) is 9.69 Å². The molecular weight excluding hydrogens is 345 g/mol. The van der Waals surface area contributed by atoms with E-state index in [1.165, 1.54) is 12.8 Å². The summed E-state index contributed by atoms with van der Waals surface area (Å²) >= 11 is 12.3. The van der Waals surface area contributed by atoms with Crippen molar-refractivity contribution in [3.05, 3.63) is 28.2 Å². The number of nitrogens with one attached hydrogen (secondary N) is 1. The van der Waals surface area contributed by atoms with Crippen molar-refractivity contribution >= 4 is 34.8 Å². The van der Waals surface area contributed by atoms with Gasteiger partial charge in [0.2, 0.25) is 5.91 Å². The van der Waals surface area contributed by atoms with Crippen molar-refractivity contribution in [2.75, 3.05) is 31.1 Å². The standard InChI is InChI=1S/C18H25Cl2N3O/c1-2-18(24)23(13-5-6-14(19)15(20)11-13)16-7-8-21-12-17(16)22-9-3-4-10-22/h5-6,11,16-17,21H,2-4,7-10,12H2,1H3/t16-,17-/m0/s1. The van der Waals surface area contributed by atoms with Crippen molar-refractivity contribution in [3.63, 3.8) is 0 Å². The maximum absolute atomic E-state index is 12.8. The minimum absolute atomic E-state index is 0.143. The van der Waals surface area contributed by atoms with Crippen LogP contribution in [-0.2, 0) is 4.79 Å². The Morgan fingerprint density at radius 3 is 2.71 bits per heavy atom. The fraction of sp³-hybridized carbons (Fsp3) is 0.611. The molecule has 2 fully saturated rings. The zero-order valence-electron chi connectivity index (χ0n) is 14.1. The quantitative estimate of drug-likeness (QED) is 0.880. The summed E-state index contributed by atoms with van der Waals surface area (Å²) in [5.41, 5.74) is 0.854. The minimum atomic E-state index is 0.143. The zero-order valence-corrected chi connectivity index (χ0v) is 15.6. The summed E-state index contributed by atoms with van der Waals surface area (Å²) < 4.78 is 0. The van der Waals surface area contributed by atoms with E-state index in [9.17, 15) is 4.79 Å². The Kier molecular flexibility index (Phi) is 6.03. The summed E-state index contributed by atoms with van der Waals surface area (Å²) in [5.74, 6) is 0.143. The number of anilines is 1. The molecule has 1 N–H and O–H groups in total. The third-order valence-corrected chi connectivity index (χ3v) is 5.85. The van der Waals surface area contributed by atoms with Gasteiger partial charge in [-0.05, 0) is 57.1 Å². The van der Waals surface area contributed by atoms with Crippen LogP contribution in [0.25, 0.3) is 0 Å². The molecule has 0 spiro atoms. The molecule has 0 saturated carbocycles. The highest BCUT2D eigenvalue weighted by Crippen LogP contribution is 2.31. The van der Waals surface area contributed by atoms with Gasteiger partial charge in [-0.2, -0.15) is 0 Å². The molecule has 1 aromatic carbocycles. The monoisotopic (exact) mass is 369 g/mol. The average Bonchev–Trinajstić information content (AvgIpc) is 3.13. The number of amides is 1. The van der Waals surface area contributed by atoms with Gasteiger partial charge in [0.05, 0.1) is 16.1 Å². The summed E-state index contributed by atoms with van der Waals surface area (Å²) in [6.45, 7) is 6.03. The molecule has 0 aliphatic carbocycles. The number of nitrogens with zero attached hydrogens (tertiary/aromatic N) is 2. The highest BCUT2D eigenvalue weighted by Gasteiger charge is 2.37. The van der Waals surface area contributed by atoms with Crippen LogP contribution in [0.5, 0.6) is 0 Å². The van der Waals surface area contributed by atoms with Crippen LogP contribution in [0.4, 0.5) is 5.69 Å². The van der Waals surface area contributed by atoms with Crippen molar-refractivity contribution in [3.8, 4) is 0 Å². The fourth-order valence-electron chi connectivity index (χ4n) is 3.90. The number of hydrogen-bond acceptors (Lipinski definition) is 3. The number of benzene rings is 1. The third kappa shape index (κ3) is 3.72. The summed E-state index contributed by atoms with van der Waals surface area (Å²) in [5, 5.41) is 4.51. The average molecular weight is 370 g/mol. The Morgan fingerprint density at radius 1 is 1.29 bits per heavy atom. The van der Waals surface area contributed by atoms with E-state index >= 15 is 0 Å². The Bertz CT molecular complexity index is 590. The summed E-state index contributed by atoms with van der Waals surface area (Å²) in [4.78, 5) is 17.3. The van der Waals surface area contributed by atoms with Crippen LogP contribution in [0.3, 0.4) is 0 Å². The second-order valence-electron chi connectivity index (χ2n) is 6.59. The van der Waals surface area contributed by atoms with Gasteiger partial charge in [-0.25, -0.2) is 0 Å². The molecule has 4 nitrogen and oxygen atoms in total. The maximum atomic E-state index is 12.8. The number of rotatable bonds is 4. The molecule has 1 aromatic rings. The molecule has 3 rings (SSSR count). The molecule has 24 heavy (non-hydrogen) atoms. The molecule has 6 heteroatoms. The lowest BCUT2D eigenvalue weighted by Crippen LogP contribution is -2.60. The number of hydrogen-bond donors (Lipinski definition) is 1. The molecule has 0 unspecified atom stereocenters. The van der Waals surface area contributed by atoms with Gasteiger partial charge in [0.15, 0.2) is 0 Å². The van der Waals surface area contributed by atoms with E-state index in [0.29, 0.717) is 22.5 Å². The second kappa shape index (κ2) is 8.05. The van der Waals surface area contributed by atoms with Crippen molar-refractivity contribution in [1.82, 2.24) is 10.2 Å². The van der Waals surface area contributed by atoms with E-state index in [1.54, 1.807) is 6.07 Å². The zero-order chi connectivity index (χ0) is 17.1. The predicted octanol–water partition coefficient (Wildman–Crippen LogP) is 3.56. The van der Waals surface area contributed by atoms with E-state index in [2.05, 4.69) is 10.2 Å². The first kappa shape index (κ1) is 18.0. The predicted molar refractivity (Wildman–Crippen MR) is 100 cm³/mol. The summed E-state index contributed by atoms with van der Waals surface area (Å²) in [6.07, 6.45) is 3.93. The molecule has 2 aliphatic heterocycles. The molecule has 2 heterocycles. The van der Waals surface area contributed by atoms with Gasteiger partial charge in [0, 0.05) is 24.7 Å². The second-order valence-corrected chi connectivity index (χ2v) is 7.40. The molecule has 2 atom stereocenters. The Hall–Kier alpha value is -0.810. The first-order chi connectivity index (χ1) is 11.6. The number of carbonyl (C=O) groups is 1. The van der Waals surface area contributed by atoms with Crippen molar-refractivity contribution in [2.45, 2.75) is 44.7 Å². The molecule has 0 bridgehead atoms. The lowest BCUT2D eigenvalue weighted by atomic mass is 9.96. The molecule has 2 saturated heterocycles. The SMILES string of the molecule is CCC(=O)N(c1ccc(Cl)c(Cl)c1)[C@H]1CCNC[C@@H]1N1CCCC1. The van der Waals surface area contributed by atoms with E-state index in [1.807, 2.05) is 24.0 Å². The van der Waals surface area contributed by atoms with E-state index in [-0.39, 0.29) is 11.9 Å². The van der Waals surface area contributed by atoms with E-state index < -0.39 is 0 Å². The van der Waals surface area contributed by atoms with Gasteiger partial charge in [-0.1, -0.05) is 30.1 Å². The molecule has 2 aliphatic rings. The first-order valence-corrected chi connectivity index (χ1v) is 9.59. The third-order valence-electron chi connectivity index (χ3n) is 5.11.